The molecule has 0 aliphatic carbocycles. The van der Waals surface area contributed by atoms with Crippen molar-refractivity contribution in [2.45, 2.75) is 13.3 Å². The van der Waals surface area contributed by atoms with Crippen molar-refractivity contribution in [1.29, 1.82) is 0 Å². The van der Waals surface area contributed by atoms with E-state index in [0.717, 1.165) is 23.0 Å². The summed E-state index contributed by atoms with van der Waals surface area (Å²) in [6.07, 6.45) is 4.41. The Morgan fingerprint density at radius 3 is 2.40 bits per heavy atom. The number of hydrogen-bond donors (Lipinski definition) is 0. The summed E-state index contributed by atoms with van der Waals surface area (Å²) < 4.78 is 0.980. The molecule has 0 atom stereocenters. The van der Waals surface area contributed by atoms with Crippen LogP contribution in [0.25, 0.3) is 0 Å². The minimum absolute atomic E-state index is 0.0778. The van der Waals surface area contributed by atoms with E-state index in [9.17, 15) is 4.79 Å². The minimum Gasteiger partial charge on any atom is -0.339 e. The predicted molar refractivity (Wildman–Crippen MR) is 83.7 cm³/mol. The zero-order valence-corrected chi connectivity index (χ0v) is 13.0. The fourth-order valence-electron chi connectivity index (χ4n) is 1.99. The number of aromatic nitrogens is 1. The van der Waals surface area contributed by atoms with E-state index in [1.807, 2.05) is 48.2 Å². The van der Waals surface area contributed by atoms with Crippen LogP contribution in [0.5, 0.6) is 0 Å². The highest BCUT2D eigenvalue weighted by atomic mass is 79.9. The number of pyridine rings is 1. The highest BCUT2D eigenvalue weighted by Gasteiger charge is 2.13. The van der Waals surface area contributed by atoms with Gasteiger partial charge in [-0.25, -0.2) is 0 Å². The van der Waals surface area contributed by atoms with Crippen LogP contribution in [0.15, 0.2) is 53.3 Å². The van der Waals surface area contributed by atoms with Gasteiger partial charge in [-0.3, -0.25) is 9.78 Å². The second kappa shape index (κ2) is 7.20. The van der Waals surface area contributed by atoms with Crippen LogP contribution in [-0.2, 0) is 6.42 Å². The van der Waals surface area contributed by atoms with Gasteiger partial charge in [0.2, 0.25) is 0 Å². The monoisotopic (exact) mass is 332 g/mol. The molecule has 1 aromatic carbocycles. The van der Waals surface area contributed by atoms with Gasteiger partial charge in [-0.1, -0.05) is 15.9 Å². The fourth-order valence-corrected chi connectivity index (χ4v) is 2.26. The average Bonchev–Trinajstić information content (AvgIpc) is 2.49. The van der Waals surface area contributed by atoms with E-state index in [-0.39, 0.29) is 5.91 Å². The zero-order valence-electron chi connectivity index (χ0n) is 11.4. The van der Waals surface area contributed by atoms with Gasteiger partial charge in [-0.15, -0.1) is 0 Å². The van der Waals surface area contributed by atoms with Gasteiger partial charge in [0.25, 0.3) is 5.91 Å². The number of carbonyl (C=O) groups excluding carboxylic acids is 1. The maximum absolute atomic E-state index is 12.4. The SMILES string of the molecule is CCN(CCc1ccncc1)C(=O)c1ccc(Br)cc1. The van der Waals surface area contributed by atoms with Crippen LogP contribution in [0.2, 0.25) is 0 Å². The van der Waals surface area contributed by atoms with Gasteiger partial charge in [0.15, 0.2) is 0 Å². The summed E-state index contributed by atoms with van der Waals surface area (Å²) in [5.41, 5.74) is 1.92. The Bertz CT molecular complexity index is 554. The Hall–Kier alpha value is -1.68. The third-order valence-electron chi connectivity index (χ3n) is 3.18. The topological polar surface area (TPSA) is 33.2 Å². The summed E-state index contributed by atoms with van der Waals surface area (Å²) in [6, 6.07) is 11.5. The van der Waals surface area contributed by atoms with Crippen LogP contribution < -0.4 is 0 Å². The van der Waals surface area contributed by atoms with Gasteiger partial charge in [-0.2, -0.15) is 0 Å². The Morgan fingerprint density at radius 1 is 1.15 bits per heavy atom. The Kier molecular flexibility index (Phi) is 5.30. The van der Waals surface area contributed by atoms with Gasteiger partial charge in [0.1, 0.15) is 0 Å². The molecule has 4 heteroatoms. The molecule has 1 heterocycles. The lowest BCUT2D eigenvalue weighted by molar-refractivity contribution is 0.0766. The van der Waals surface area contributed by atoms with Crippen LogP contribution in [-0.4, -0.2) is 28.9 Å². The molecule has 0 saturated heterocycles. The minimum atomic E-state index is 0.0778. The lowest BCUT2D eigenvalue weighted by Crippen LogP contribution is -2.32. The van der Waals surface area contributed by atoms with Gasteiger partial charge in [-0.05, 0) is 55.3 Å². The first-order valence-electron chi connectivity index (χ1n) is 6.64. The summed E-state index contributed by atoms with van der Waals surface area (Å²) in [6.45, 7) is 3.43. The maximum Gasteiger partial charge on any atom is 0.253 e. The highest BCUT2D eigenvalue weighted by molar-refractivity contribution is 9.10. The first-order chi connectivity index (χ1) is 9.70. The Morgan fingerprint density at radius 2 is 1.80 bits per heavy atom. The van der Waals surface area contributed by atoms with Crippen LogP contribution in [0.1, 0.15) is 22.8 Å². The molecule has 1 amide bonds. The third kappa shape index (κ3) is 3.90. The van der Waals surface area contributed by atoms with E-state index in [4.69, 9.17) is 0 Å². The predicted octanol–water partition coefficient (Wildman–Crippen LogP) is 3.55. The van der Waals surface area contributed by atoms with E-state index in [0.29, 0.717) is 6.54 Å². The van der Waals surface area contributed by atoms with Crippen molar-refractivity contribution in [3.63, 3.8) is 0 Å². The Labute approximate surface area is 127 Å². The van der Waals surface area contributed by atoms with Crippen LogP contribution in [0, 0.1) is 0 Å². The summed E-state index contributed by atoms with van der Waals surface area (Å²) in [4.78, 5) is 18.3. The molecule has 104 valence electrons. The van der Waals surface area contributed by atoms with E-state index < -0.39 is 0 Å². The molecular weight excluding hydrogens is 316 g/mol. The smallest absolute Gasteiger partial charge is 0.253 e. The van der Waals surface area contributed by atoms with Crippen LogP contribution in [0.4, 0.5) is 0 Å². The lowest BCUT2D eigenvalue weighted by atomic mass is 10.1. The first kappa shape index (κ1) is 14.7. The second-order valence-electron chi connectivity index (χ2n) is 4.50. The number of rotatable bonds is 5. The number of benzene rings is 1. The van der Waals surface area contributed by atoms with Crippen molar-refractivity contribution in [2.75, 3.05) is 13.1 Å². The molecule has 0 fully saturated rings. The summed E-state index contributed by atoms with van der Waals surface area (Å²) in [5.74, 6) is 0.0778. The largest absolute Gasteiger partial charge is 0.339 e. The molecule has 20 heavy (non-hydrogen) atoms. The number of amides is 1. The highest BCUT2D eigenvalue weighted by Crippen LogP contribution is 2.12. The normalized spacial score (nSPS) is 10.3. The second-order valence-corrected chi connectivity index (χ2v) is 5.41. The molecular formula is C16H17BrN2O. The molecule has 0 bridgehead atoms. The molecule has 0 spiro atoms. The van der Waals surface area contributed by atoms with Crippen molar-refractivity contribution in [1.82, 2.24) is 9.88 Å². The number of nitrogens with zero attached hydrogens (tertiary/aromatic N) is 2. The average molecular weight is 333 g/mol. The number of hydrogen-bond acceptors (Lipinski definition) is 2. The van der Waals surface area contributed by atoms with Crippen molar-refractivity contribution in [3.8, 4) is 0 Å². The van der Waals surface area contributed by atoms with E-state index >= 15 is 0 Å². The molecule has 0 unspecified atom stereocenters. The van der Waals surface area contributed by atoms with E-state index in [1.165, 1.54) is 5.56 Å². The van der Waals surface area contributed by atoms with Crippen molar-refractivity contribution in [2.24, 2.45) is 0 Å². The molecule has 0 aliphatic heterocycles. The van der Waals surface area contributed by atoms with Gasteiger partial charge >= 0.3 is 0 Å². The fraction of sp³-hybridized carbons (Fsp3) is 0.250. The first-order valence-corrected chi connectivity index (χ1v) is 7.43. The molecule has 0 radical (unpaired) electrons. The summed E-state index contributed by atoms with van der Waals surface area (Å²) in [7, 11) is 0. The number of halogens is 1. The van der Waals surface area contributed by atoms with Crippen LogP contribution in [0.3, 0.4) is 0 Å². The summed E-state index contributed by atoms with van der Waals surface area (Å²) in [5, 5.41) is 0. The third-order valence-corrected chi connectivity index (χ3v) is 3.71. The standard InChI is InChI=1S/C16H17BrN2O/c1-2-19(12-9-13-7-10-18-11-8-13)16(20)14-3-5-15(17)6-4-14/h3-8,10-11H,2,9,12H2,1H3. The number of likely N-dealkylation sites (N-methyl/N-ethyl adjacent to an activating group) is 1. The molecule has 2 rings (SSSR count). The van der Waals surface area contributed by atoms with Crippen molar-refractivity contribution >= 4 is 21.8 Å². The van der Waals surface area contributed by atoms with Gasteiger partial charge < -0.3 is 4.90 Å². The van der Waals surface area contributed by atoms with Gasteiger partial charge in [0, 0.05) is 35.5 Å². The summed E-state index contributed by atoms with van der Waals surface area (Å²) >= 11 is 3.38. The quantitative estimate of drug-likeness (QED) is 0.838. The van der Waals surface area contributed by atoms with Crippen LogP contribution >= 0.6 is 15.9 Å². The van der Waals surface area contributed by atoms with Gasteiger partial charge in [0.05, 0.1) is 0 Å². The molecule has 2 aromatic rings. The molecule has 1 aromatic heterocycles. The molecule has 3 nitrogen and oxygen atoms in total. The lowest BCUT2D eigenvalue weighted by Gasteiger charge is -2.21. The molecule has 0 aliphatic rings. The molecule has 0 N–H and O–H groups in total. The Balaban J connectivity index is 2.00. The number of carbonyl (C=O) groups is 1. The van der Waals surface area contributed by atoms with Crippen molar-refractivity contribution in [3.05, 3.63) is 64.4 Å². The van der Waals surface area contributed by atoms with E-state index in [2.05, 4.69) is 20.9 Å². The van der Waals surface area contributed by atoms with E-state index in [1.54, 1.807) is 12.4 Å². The zero-order chi connectivity index (χ0) is 14.4. The molecule has 0 saturated carbocycles. The maximum atomic E-state index is 12.4. The van der Waals surface area contributed by atoms with Crippen molar-refractivity contribution < 1.29 is 4.79 Å².